The molecule has 0 aliphatic rings. The van der Waals surface area contributed by atoms with E-state index in [-0.39, 0.29) is 5.82 Å². The predicted molar refractivity (Wildman–Crippen MR) is 75.4 cm³/mol. The van der Waals surface area contributed by atoms with Gasteiger partial charge in [0.25, 0.3) is 0 Å². The normalized spacial score (nSPS) is 12.7. The van der Waals surface area contributed by atoms with E-state index in [1.807, 2.05) is 6.92 Å². The van der Waals surface area contributed by atoms with Crippen LogP contribution in [0.5, 0.6) is 0 Å². The van der Waals surface area contributed by atoms with Crippen molar-refractivity contribution in [3.8, 4) is 0 Å². The molecule has 0 bridgehead atoms. The topological polar surface area (TPSA) is 38.0 Å². The molecule has 0 saturated carbocycles. The van der Waals surface area contributed by atoms with Crippen molar-refractivity contribution in [3.05, 3.63) is 51.5 Å². The zero-order valence-corrected chi connectivity index (χ0v) is 12.5. The number of nitrogens with zero attached hydrogens (tertiary/aromatic N) is 2. The summed E-state index contributed by atoms with van der Waals surface area (Å²) in [6.45, 7) is 4.47. The lowest BCUT2D eigenvalue weighted by Gasteiger charge is -2.15. The average molecular weight is 327 g/mol. The second kappa shape index (κ2) is 5.84. The van der Waals surface area contributed by atoms with Gasteiger partial charge in [0, 0.05) is 6.54 Å². The summed E-state index contributed by atoms with van der Waals surface area (Å²) in [7, 11) is 0. The summed E-state index contributed by atoms with van der Waals surface area (Å²) < 4.78 is 15.8. The van der Waals surface area contributed by atoms with Gasteiger partial charge in [-0.15, -0.1) is 0 Å². The number of aliphatic hydroxyl groups excluding tert-OH is 1. The highest BCUT2D eigenvalue weighted by Crippen LogP contribution is 2.29. The lowest BCUT2D eigenvalue weighted by atomic mass is 10.0. The van der Waals surface area contributed by atoms with Crippen LogP contribution in [-0.2, 0) is 6.54 Å². The molecular formula is C14H16BrFN2O. The van der Waals surface area contributed by atoms with Gasteiger partial charge in [0.15, 0.2) is 0 Å². The Labute approximate surface area is 120 Å². The van der Waals surface area contributed by atoms with Crippen molar-refractivity contribution in [3.63, 3.8) is 0 Å². The van der Waals surface area contributed by atoms with E-state index in [9.17, 15) is 9.50 Å². The summed E-state index contributed by atoms with van der Waals surface area (Å²) in [6.07, 6.45) is 1.78. The maximum Gasteiger partial charge on any atom is 0.126 e. The number of hydrogen-bond acceptors (Lipinski definition) is 2. The Bertz CT molecular complexity index is 583. The van der Waals surface area contributed by atoms with E-state index in [1.165, 1.54) is 6.07 Å². The fourth-order valence-electron chi connectivity index (χ4n) is 2.03. The van der Waals surface area contributed by atoms with Gasteiger partial charge in [-0.3, -0.25) is 4.68 Å². The Morgan fingerprint density at radius 3 is 2.84 bits per heavy atom. The van der Waals surface area contributed by atoms with Crippen LogP contribution in [0.3, 0.4) is 0 Å². The van der Waals surface area contributed by atoms with Crippen LogP contribution in [0.1, 0.15) is 36.3 Å². The molecule has 0 saturated heterocycles. The van der Waals surface area contributed by atoms with Gasteiger partial charge in [-0.25, -0.2) is 4.39 Å². The second-order valence-electron chi connectivity index (χ2n) is 4.51. The monoisotopic (exact) mass is 326 g/mol. The van der Waals surface area contributed by atoms with Crippen LogP contribution < -0.4 is 0 Å². The van der Waals surface area contributed by atoms with E-state index >= 15 is 0 Å². The SMILES string of the molecule is CCCn1ncc(Br)c1C(O)c1ccc(F)c(C)c1. The van der Waals surface area contributed by atoms with Gasteiger partial charge in [-0.1, -0.05) is 19.1 Å². The number of aryl methyl sites for hydroxylation is 2. The van der Waals surface area contributed by atoms with E-state index in [1.54, 1.807) is 29.9 Å². The third-order valence-corrected chi connectivity index (χ3v) is 3.64. The molecule has 19 heavy (non-hydrogen) atoms. The van der Waals surface area contributed by atoms with E-state index in [2.05, 4.69) is 21.0 Å². The molecule has 1 atom stereocenters. The molecule has 1 aromatic carbocycles. The minimum atomic E-state index is -0.817. The van der Waals surface area contributed by atoms with Crippen LogP contribution in [0, 0.1) is 12.7 Å². The molecule has 1 N–H and O–H groups in total. The maximum atomic E-state index is 13.3. The molecular weight excluding hydrogens is 311 g/mol. The molecule has 1 heterocycles. The van der Waals surface area contributed by atoms with E-state index in [0.29, 0.717) is 16.8 Å². The van der Waals surface area contributed by atoms with Gasteiger partial charge in [-0.05, 0) is 46.5 Å². The number of aromatic nitrogens is 2. The van der Waals surface area contributed by atoms with Crippen LogP contribution in [-0.4, -0.2) is 14.9 Å². The summed E-state index contributed by atoms with van der Waals surface area (Å²) in [4.78, 5) is 0. The quantitative estimate of drug-likeness (QED) is 0.932. The number of halogens is 2. The third-order valence-electron chi connectivity index (χ3n) is 3.03. The van der Waals surface area contributed by atoms with Crippen LogP contribution in [0.25, 0.3) is 0 Å². The molecule has 0 fully saturated rings. The third kappa shape index (κ3) is 2.87. The summed E-state index contributed by atoms with van der Waals surface area (Å²) in [6, 6.07) is 4.64. The summed E-state index contributed by atoms with van der Waals surface area (Å²) >= 11 is 3.40. The first-order chi connectivity index (χ1) is 9.04. The Morgan fingerprint density at radius 2 is 2.21 bits per heavy atom. The lowest BCUT2D eigenvalue weighted by Crippen LogP contribution is -2.11. The van der Waals surface area contributed by atoms with Crippen LogP contribution in [0.4, 0.5) is 4.39 Å². The highest BCUT2D eigenvalue weighted by atomic mass is 79.9. The molecule has 1 unspecified atom stereocenters. The van der Waals surface area contributed by atoms with Crippen molar-refractivity contribution < 1.29 is 9.50 Å². The summed E-state index contributed by atoms with van der Waals surface area (Å²) in [5.74, 6) is -0.267. The summed E-state index contributed by atoms with van der Waals surface area (Å²) in [5, 5.41) is 14.7. The van der Waals surface area contributed by atoms with Crippen molar-refractivity contribution in [2.24, 2.45) is 0 Å². The van der Waals surface area contributed by atoms with Crippen LogP contribution in [0.2, 0.25) is 0 Å². The molecule has 1 aromatic heterocycles. The van der Waals surface area contributed by atoms with Crippen LogP contribution >= 0.6 is 15.9 Å². The number of rotatable bonds is 4. The highest BCUT2D eigenvalue weighted by Gasteiger charge is 2.19. The van der Waals surface area contributed by atoms with Gasteiger partial charge in [0.2, 0.25) is 0 Å². The molecule has 0 aliphatic carbocycles. The van der Waals surface area contributed by atoms with Crippen LogP contribution in [0.15, 0.2) is 28.9 Å². The molecule has 0 aliphatic heterocycles. The average Bonchev–Trinajstić information content (AvgIpc) is 2.74. The maximum absolute atomic E-state index is 13.3. The minimum Gasteiger partial charge on any atom is -0.382 e. The molecule has 5 heteroatoms. The first kappa shape index (κ1) is 14.2. The van der Waals surface area contributed by atoms with Gasteiger partial charge >= 0.3 is 0 Å². The molecule has 2 aromatic rings. The molecule has 0 spiro atoms. The van der Waals surface area contributed by atoms with Gasteiger partial charge in [0.05, 0.1) is 16.4 Å². The Kier molecular flexibility index (Phi) is 4.37. The largest absolute Gasteiger partial charge is 0.382 e. The number of aliphatic hydroxyl groups is 1. The fourth-order valence-corrected chi connectivity index (χ4v) is 2.54. The molecule has 0 radical (unpaired) electrons. The molecule has 0 amide bonds. The Balaban J connectivity index is 2.40. The van der Waals surface area contributed by atoms with E-state index in [4.69, 9.17) is 0 Å². The number of benzene rings is 1. The predicted octanol–water partition coefficient (Wildman–Crippen LogP) is 3.58. The first-order valence-corrected chi connectivity index (χ1v) is 6.99. The fraction of sp³-hybridized carbons (Fsp3) is 0.357. The lowest BCUT2D eigenvalue weighted by molar-refractivity contribution is 0.206. The van der Waals surface area contributed by atoms with E-state index in [0.717, 1.165) is 17.4 Å². The zero-order chi connectivity index (χ0) is 14.0. The van der Waals surface area contributed by atoms with Crippen molar-refractivity contribution in [2.45, 2.75) is 32.9 Å². The van der Waals surface area contributed by atoms with Gasteiger partial charge < -0.3 is 5.11 Å². The van der Waals surface area contributed by atoms with Gasteiger partial charge in [-0.2, -0.15) is 5.10 Å². The first-order valence-electron chi connectivity index (χ1n) is 6.20. The molecule has 102 valence electrons. The second-order valence-corrected chi connectivity index (χ2v) is 5.37. The smallest absolute Gasteiger partial charge is 0.126 e. The van der Waals surface area contributed by atoms with Crippen molar-refractivity contribution in [1.29, 1.82) is 0 Å². The summed E-state index contributed by atoms with van der Waals surface area (Å²) in [5.41, 5.74) is 1.89. The van der Waals surface area contributed by atoms with Crippen molar-refractivity contribution in [2.75, 3.05) is 0 Å². The van der Waals surface area contributed by atoms with E-state index < -0.39 is 6.10 Å². The standard InChI is InChI=1S/C14H16BrFN2O/c1-3-6-18-13(11(15)8-17-18)14(19)10-4-5-12(16)9(2)7-10/h4-5,7-8,14,19H,3,6H2,1-2H3. The van der Waals surface area contributed by atoms with Crippen molar-refractivity contribution >= 4 is 15.9 Å². The molecule has 2 rings (SSSR count). The zero-order valence-electron chi connectivity index (χ0n) is 10.9. The Hall–Kier alpha value is -1.20. The van der Waals surface area contributed by atoms with Gasteiger partial charge in [0.1, 0.15) is 11.9 Å². The highest BCUT2D eigenvalue weighted by molar-refractivity contribution is 9.10. The van der Waals surface area contributed by atoms with Crippen molar-refractivity contribution in [1.82, 2.24) is 9.78 Å². The molecule has 3 nitrogen and oxygen atoms in total. The minimum absolute atomic E-state index is 0.267. The Morgan fingerprint density at radius 1 is 1.47 bits per heavy atom. The number of hydrogen-bond donors (Lipinski definition) is 1.